The topological polar surface area (TPSA) is 0 Å². The molecule has 0 nitrogen and oxygen atoms in total. The summed E-state index contributed by atoms with van der Waals surface area (Å²) >= 11 is 0. The van der Waals surface area contributed by atoms with E-state index in [4.69, 9.17) is 0 Å². The van der Waals surface area contributed by atoms with Crippen LogP contribution >= 0.6 is 0 Å². The third-order valence-corrected chi connectivity index (χ3v) is 3.10. The van der Waals surface area contributed by atoms with Crippen molar-refractivity contribution >= 4 is 17.1 Å². The zero-order valence-corrected chi connectivity index (χ0v) is 12.2. The van der Waals surface area contributed by atoms with Crippen molar-refractivity contribution in [2.24, 2.45) is 0 Å². The molecular formula is C18H14Se. The van der Waals surface area contributed by atoms with E-state index in [9.17, 15) is 0 Å². The number of rotatable bonds is 2. The molecule has 0 saturated heterocycles. The Morgan fingerprint density at radius 1 is 0.368 bits per heavy atom. The van der Waals surface area contributed by atoms with Gasteiger partial charge in [0.1, 0.15) is 0 Å². The van der Waals surface area contributed by atoms with Crippen molar-refractivity contribution in [1.82, 2.24) is 0 Å². The molecule has 3 aromatic carbocycles. The van der Waals surface area contributed by atoms with Crippen molar-refractivity contribution < 1.29 is 0 Å². The third-order valence-electron chi connectivity index (χ3n) is 3.10. The van der Waals surface area contributed by atoms with Crippen molar-refractivity contribution in [3.8, 4) is 22.3 Å². The van der Waals surface area contributed by atoms with Gasteiger partial charge in [-0.25, -0.2) is 0 Å². The Bertz CT molecular complexity index is 572. The molecule has 2 radical (unpaired) electrons. The predicted octanol–water partition coefficient (Wildman–Crippen LogP) is 4.64. The zero-order chi connectivity index (χ0) is 12.2. The van der Waals surface area contributed by atoms with Gasteiger partial charge in [-0.2, -0.15) is 0 Å². The molecule has 0 aliphatic rings. The summed E-state index contributed by atoms with van der Waals surface area (Å²) in [6.07, 6.45) is 0. The van der Waals surface area contributed by atoms with Crippen LogP contribution in [0.3, 0.4) is 0 Å². The average Bonchev–Trinajstić information content (AvgIpc) is 2.49. The molecule has 19 heavy (non-hydrogen) atoms. The first-order chi connectivity index (χ1) is 8.95. The van der Waals surface area contributed by atoms with Crippen LogP contribution < -0.4 is 0 Å². The van der Waals surface area contributed by atoms with E-state index in [1.54, 1.807) is 0 Å². The average molecular weight is 309 g/mol. The SMILES string of the molecule is [Se].c1ccc(-c2ccccc2-c2ccccc2)cc1. The van der Waals surface area contributed by atoms with Crippen molar-refractivity contribution in [2.75, 3.05) is 0 Å². The number of hydrogen-bond acceptors (Lipinski definition) is 0. The Balaban J connectivity index is 0.00000133. The molecule has 0 heterocycles. The molecule has 0 amide bonds. The summed E-state index contributed by atoms with van der Waals surface area (Å²) in [5.41, 5.74) is 5.09. The van der Waals surface area contributed by atoms with Crippen LogP contribution in [0.15, 0.2) is 84.9 Å². The summed E-state index contributed by atoms with van der Waals surface area (Å²) in [6.45, 7) is 0. The van der Waals surface area contributed by atoms with E-state index in [2.05, 4.69) is 84.9 Å². The summed E-state index contributed by atoms with van der Waals surface area (Å²) < 4.78 is 0. The molecule has 0 atom stereocenters. The Labute approximate surface area is 124 Å². The Kier molecular flexibility index (Phi) is 4.57. The minimum atomic E-state index is 0. The maximum atomic E-state index is 2.18. The van der Waals surface area contributed by atoms with Crippen LogP contribution in [0.2, 0.25) is 0 Å². The van der Waals surface area contributed by atoms with Crippen LogP contribution in [0.4, 0.5) is 0 Å². The molecular weight excluding hydrogens is 295 g/mol. The fraction of sp³-hybridized carbons (Fsp3) is 0. The van der Waals surface area contributed by atoms with Gasteiger partial charge in [-0.05, 0) is 22.3 Å². The van der Waals surface area contributed by atoms with Crippen LogP contribution in [-0.2, 0) is 0 Å². The Morgan fingerprint density at radius 2 is 0.684 bits per heavy atom. The van der Waals surface area contributed by atoms with Gasteiger partial charge < -0.3 is 0 Å². The molecule has 0 aromatic heterocycles. The second-order valence-electron chi connectivity index (χ2n) is 4.28. The first-order valence-corrected chi connectivity index (χ1v) is 6.15. The largest absolute Gasteiger partial charge is 0.0622 e. The Hall–Kier alpha value is -1.82. The first-order valence-electron chi connectivity index (χ1n) is 6.15. The van der Waals surface area contributed by atoms with E-state index in [0.717, 1.165) is 0 Å². The van der Waals surface area contributed by atoms with Gasteiger partial charge in [0.15, 0.2) is 0 Å². The molecule has 0 bridgehead atoms. The molecule has 0 fully saturated rings. The zero-order valence-electron chi connectivity index (χ0n) is 10.5. The molecule has 1 heteroatoms. The predicted molar refractivity (Wildman–Crippen MR) is 83.1 cm³/mol. The van der Waals surface area contributed by atoms with Crippen LogP contribution in [-0.4, -0.2) is 17.1 Å². The quantitative estimate of drug-likeness (QED) is 0.605. The van der Waals surface area contributed by atoms with E-state index >= 15 is 0 Å². The molecule has 3 aromatic rings. The Morgan fingerprint density at radius 3 is 1.05 bits per heavy atom. The number of benzene rings is 3. The van der Waals surface area contributed by atoms with Crippen molar-refractivity contribution in [3.63, 3.8) is 0 Å². The van der Waals surface area contributed by atoms with Crippen LogP contribution in [0.1, 0.15) is 0 Å². The standard InChI is InChI=1S/C18H14.Se/c1-3-9-15(10-4-1)17-13-7-8-14-18(17)16-11-5-2-6-12-16;/h1-14H;. The summed E-state index contributed by atoms with van der Waals surface area (Å²) in [4.78, 5) is 0. The molecule has 0 N–H and O–H groups in total. The van der Waals surface area contributed by atoms with E-state index in [1.807, 2.05) is 0 Å². The maximum absolute atomic E-state index is 2.18. The molecule has 0 aliphatic heterocycles. The first kappa shape index (κ1) is 13.6. The van der Waals surface area contributed by atoms with Crippen LogP contribution in [0.25, 0.3) is 22.3 Å². The van der Waals surface area contributed by atoms with Gasteiger partial charge in [0.2, 0.25) is 0 Å². The summed E-state index contributed by atoms with van der Waals surface area (Å²) in [6, 6.07) is 29.6. The molecule has 0 saturated carbocycles. The van der Waals surface area contributed by atoms with Gasteiger partial charge in [-0.15, -0.1) is 0 Å². The second kappa shape index (κ2) is 6.38. The van der Waals surface area contributed by atoms with Crippen LogP contribution in [0.5, 0.6) is 0 Å². The van der Waals surface area contributed by atoms with Gasteiger partial charge in [0.05, 0.1) is 0 Å². The molecule has 3 rings (SSSR count). The smallest absolute Gasteiger partial charge is 0 e. The fourth-order valence-electron chi connectivity index (χ4n) is 2.22. The van der Waals surface area contributed by atoms with E-state index in [1.165, 1.54) is 22.3 Å². The van der Waals surface area contributed by atoms with E-state index in [-0.39, 0.29) is 17.1 Å². The molecule has 0 unspecified atom stereocenters. The molecule has 0 spiro atoms. The third kappa shape index (κ3) is 2.95. The van der Waals surface area contributed by atoms with Gasteiger partial charge >= 0.3 is 0 Å². The van der Waals surface area contributed by atoms with Gasteiger partial charge in [-0.1, -0.05) is 84.9 Å². The summed E-state index contributed by atoms with van der Waals surface area (Å²) in [5.74, 6) is 0. The van der Waals surface area contributed by atoms with Crippen molar-refractivity contribution in [1.29, 1.82) is 0 Å². The van der Waals surface area contributed by atoms with Crippen molar-refractivity contribution in [3.05, 3.63) is 84.9 Å². The summed E-state index contributed by atoms with van der Waals surface area (Å²) in [5, 5.41) is 0. The monoisotopic (exact) mass is 310 g/mol. The van der Waals surface area contributed by atoms with E-state index in [0.29, 0.717) is 0 Å². The second-order valence-corrected chi connectivity index (χ2v) is 4.28. The maximum Gasteiger partial charge on any atom is 0 e. The minimum absolute atomic E-state index is 0. The normalized spacial score (nSPS) is 9.68. The fourth-order valence-corrected chi connectivity index (χ4v) is 2.22. The number of hydrogen-bond donors (Lipinski definition) is 0. The van der Waals surface area contributed by atoms with E-state index < -0.39 is 0 Å². The van der Waals surface area contributed by atoms with Gasteiger partial charge in [-0.3, -0.25) is 0 Å². The molecule has 92 valence electrons. The molecule has 0 aliphatic carbocycles. The summed E-state index contributed by atoms with van der Waals surface area (Å²) in [7, 11) is 0. The van der Waals surface area contributed by atoms with Gasteiger partial charge in [0.25, 0.3) is 0 Å². The van der Waals surface area contributed by atoms with Crippen molar-refractivity contribution in [2.45, 2.75) is 0 Å². The minimum Gasteiger partial charge on any atom is -0.0622 e. The van der Waals surface area contributed by atoms with Crippen LogP contribution in [0, 0.1) is 0 Å². The van der Waals surface area contributed by atoms with Gasteiger partial charge in [0, 0.05) is 17.1 Å².